The summed E-state index contributed by atoms with van der Waals surface area (Å²) in [5.41, 5.74) is 1.84. The molecule has 0 saturated carbocycles. The highest BCUT2D eigenvalue weighted by atomic mass is 19.1. The fraction of sp³-hybridized carbons (Fsp3) is 0.562. The Kier molecular flexibility index (Phi) is 5.12. The Balaban J connectivity index is 1.82. The van der Waals surface area contributed by atoms with Gasteiger partial charge in [0.25, 0.3) is 0 Å². The largest absolute Gasteiger partial charge is 0.481 e. The van der Waals surface area contributed by atoms with E-state index < -0.39 is 5.97 Å². The lowest BCUT2D eigenvalue weighted by molar-refractivity contribution is -0.137. The van der Waals surface area contributed by atoms with E-state index in [1.165, 1.54) is 6.07 Å². The van der Waals surface area contributed by atoms with Crippen molar-refractivity contribution in [2.45, 2.75) is 39.2 Å². The van der Waals surface area contributed by atoms with Crippen LogP contribution in [0, 0.1) is 18.7 Å². The van der Waals surface area contributed by atoms with Crippen LogP contribution in [0.15, 0.2) is 18.2 Å². The predicted octanol–water partition coefficient (Wildman–Crippen LogP) is 3.21. The van der Waals surface area contributed by atoms with Gasteiger partial charge in [0.2, 0.25) is 0 Å². The van der Waals surface area contributed by atoms with Crippen LogP contribution in [0.3, 0.4) is 0 Å². The molecule has 0 spiro atoms. The molecule has 1 aromatic carbocycles. The third kappa shape index (κ3) is 4.30. The van der Waals surface area contributed by atoms with Gasteiger partial charge < -0.3 is 5.11 Å². The highest BCUT2D eigenvalue weighted by molar-refractivity contribution is 5.66. The van der Waals surface area contributed by atoms with Crippen molar-refractivity contribution in [3.63, 3.8) is 0 Å². The molecule has 0 aromatic heterocycles. The Bertz CT molecular complexity index is 468. The number of carbonyl (C=O) groups is 1. The van der Waals surface area contributed by atoms with Crippen LogP contribution in [-0.2, 0) is 11.3 Å². The topological polar surface area (TPSA) is 40.5 Å². The molecule has 1 N–H and O–H groups in total. The predicted molar refractivity (Wildman–Crippen MR) is 76.0 cm³/mol. The molecule has 4 heteroatoms. The van der Waals surface area contributed by atoms with Gasteiger partial charge in [-0.2, -0.15) is 0 Å². The Hall–Kier alpha value is -1.42. The van der Waals surface area contributed by atoms with Gasteiger partial charge >= 0.3 is 5.97 Å². The Labute approximate surface area is 119 Å². The minimum atomic E-state index is -0.714. The molecule has 0 amide bonds. The van der Waals surface area contributed by atoms with Gasteiger partial charge in [0.1, 0.15) is 5.82 Å². The molecule has 1 heterocycles. The number of likely N-dealkylation sites (tertiary alicyclic amines) is 1. The third-order valence-electron chi connectivity index (χ3n) is 4.07. The molecule has 0 atom stereocenters. The molecule has 0 aliphatic carbocycles. The van der Waals surface area contributed by atoms with Crippen molar-refractivity contribution in [1.82, 2.24) is 4.90 Å². The molecule has 0 radical (unpaired) electrons. The number of aryl methyl sites for hydroxylation is 1. The molecule has 110 valence electrons. The van der Waals surface area contributed by atoms with E-state index in [2.05, 4.69) is 4.90 Å². The zero-order valence-corrected chi connectivity index (χ0v) is 11.9. The zero-order chi connectivity index (χ0) is 14.5. The molecular weight excluding hydrogens is 257 g/mol. The summed E-state index contributed by atoms with van der Waals surface area (Å²) in [6, 6.07) is 5.23. The van der Waals surface area contributed by atoms with Gasteiger partial charge in [-0.1, -0.05) is 17.7 Å². The Morgan fingerprint density at radius 1 is 1.40 bits per heavy atom. The van der Waals surface area contributed by atoms with Gasteiger partial charge in [-0.25, -0.2) is 4.39 Å². The van der Waals surface area contributed by atoms with Crippen molar-refractivity contribution < 1.29 is 14.3 Å². The summed E-state index contributed by atoms with van der Waals surface area (Å²) in [5.74, 6) is -0.345. The van der Waals surface area contributed by atoms with E-state index in [1.54, 1.807) is 6.07 Å². The molecular formula is C16H22FNO2. The van der Waals surface area contributed by atoms with E-state index in [4.69, 9.17) is 5.11 Å². The number of carboxylic acid groups (broad SMARTS) is 1. The molecule has 20 heavy (non-hydrogen) atoms. The molecule has 1 aromatic rings. The van der Waals surface area contributed by atoms with Gasteiger partial charge in [0.15, 0.2) is 0 Å². The van der Waals surface area contributed by atoms with Gasteiger partial charge in [-0.15, -0.1) is 0 Å². The second-order valence-electron chi connectivity index (χ2n) is 5.75. The van der Waals surface area contributed by atoms with Crippen molar-refractivity contribution in [2.24, 2.45) is 5.92 Å². The Morgan fingerprint density at radius 2 is 2.10 bits per heavy atom. The van der Waals surface area contributed by atoms with Crippen molar-refractivity contribution in [2.75, 3.05) is 13.1 Å². The minimum absolute atomic E-state index is 0.136. The average Bonchev–Trinajstić information content (AvgIpc) is 2.42. The summed E-state index contributed by atoms with van der Waals surface area (Å²) in [4.78, 5) is 12.8. The molecule has 0 unspecified atom stereocenters. The van der Waals surface area contributed by atoms with Crippen molar-refractivity contribution in [1.29, 1.82) is 0 Å². The molecule has 0 bridgehead atoms. The first-order valence-corrected chi connectivity index (χ1v) is 7.24. The number of benzene rings is 1. The first-order chi connectivity index (χ1) is 9.54. The maximum atomic E-state index is 13.7. The zero-order valence-electron chi connectivity index (χ0n) is 11.9. The summed E-state index contributed by atoms with van der Waals surface area (Å²) >= 11 is 0. The van der Waals surface area contributed by atoms with Crippen LogP contribution >= 0.6 is 0 Å². The lowest BCUT2D eigenvalue weighted by atomic mass is 9.92. The minimum Gasteiger partial charge on any atom is -0.481 e. The molecule has 2 rings (SSSR count). The number of hydrogen-bond acceptors (Lipinski definition) is 2. The highest BCUT2D eigenvalue weighted by Crippen LogP contribution is 2.23. The van der Waals surface area contributed by atoms with Crippen molar-refractivity contribution in [3.05, 3.63) is 35.1 Å². The number of piperidine rings is 1. The van der Waals surface area contributed by atoms with Gasteiger partial charge in [0, 0.05) is 18.5 Å². The molecule has 1 aliphatic rings. The van der Waals surface area contributed by atoms with Gasteiger partial charge in [-0.05, 0) is 51.3 Å². The quantitative estimate of drug-likeness (QED) is 0.899. The van der Waals surface area contributed by atoms with Gasteiger partial charge in [-0.3, -0.25) is 9.69 Å². The monoisotopic (exact) mass is 279 g/mol. The van der Waals surface area contributed by atoms with Crippen LogP contribution in [-0.4, -0.2) is 29.1 Å². The normalized spacial score (nSPS) is 17.3. The number of aliphatic carboxylic acids is 1. The average molecular weight is 279 g/mol. The fourth-order valence-electron chi connectivity index (χ4n) is 2.83. The molecule has 3 nitrogen and oxygen atoms in total. The lowest BCUT2D eigenvalue weighted by Crippen LogP contribution is -2.33. The van der Waals surface area contributed by atoms with Crippen molar-refractivity contribution >= 4 is 5.97 Å². The van der Waals surface area contributed by atoms with Crippen LogP contribution in [0.5, 0.6) is 0 Å². The fourth-order valence-corrected chi connectivity index (χ4v) is 2.83. The second kappa shape index (κ2) is 6.84. The molecule has 1 aliphatic heterocycles. The number of rotatable bonds is 5. The van der Waals surface area contributed by atoms with Crippen LogP contribution < -0.4 is 0 Å². The lowest BCUT2D eigenvalue weighted by Gasteiger charge is -2.31. The summed E-state index contributed by atoms with van der Waals surface area (Å²) in [5, 5.41) is 8.70. The van der Waals surface area contributed by atoms with E-state index in [1.807, 2.05) is 13.0 Å². The summed E-state index contributed by atoms with van der Waals surface area (Å²) < 4.78 is 13.7. The number of halogens is 1. The van der Waals surface area contributed by atoms with E-state index in [0.717, 1.165) is 43.5 Å². The molecule has 1 fully saturated rings. The first kappa shape index (κ1) is 15.0. The third-order valence-corrected chi connectivity index (χ3v) is 4.07. The SMILES string of the molecule is Cc1ccc(F)c(CN2CCC(CCC(=O)O)CC2)c1. The van der Waals surface area contributed by atoms with Crippen LogP contribution in [0.2, 0.25) is 0 Å². The van der Waals surface area contributed by atoms with E-state index >= 15 is 0 Å². The van der Waals surface area contributed by atoms with Crippen LogP contribution in [0.1, 0.15) is 36.8 Å². The summed E-state index contributed by atoms with van der Waals surface area (Å²) in [7, 11) is 0. The summed E-state index contributed by atoms with van der Waals surface area (Å²) in [6.07, 6.45) is 3.06. The highest BCUT2D eigenvalue weighted by Gasteiger charge is 2.20. The van der Waals surface area contributed by atoms with Gasteiger partial charge in [0.05, 0.1) is 0 Å². The number of nitrogens with zero attached hydrogens (tertiary/aromatic N) is 1. The number of hydrogen-bond donors (Lipinski definition) is 1. The first-order valence-electron chi connectivity index (χ1n) is 7.24. The standard InChI is InChI=1S/C16H22FNO2/c1-12-2-4-15(17)14(10-12)11-18-8-6-13(7-9-18)3-5-16(19)20/h2,4,10,13H,3,5-9,11H2,1H3,(H,19,20). The van der Waals surface area contributed by atoms with Crippen LogP contribution in [0.4, 0.5) is 4.39 Å². The van der Waals surface area contributed by atoms with Crippen LogP contribution in [0.25, 0.3) is 0 Å². The van der Waals surface area contributed by atoms with E-state index in [9.17, 15) is 9.18 Å². The number of carboxylic acids is 1. The van der Waals surface area contributed by atoms with E-state index in [0.29, 0.717) is 12.5 Å². The Morgan fingerprint density at radius 3 is 2.75 bits per heavy atom. The summed E-state index contributed by atoms with van der Waals surface area (Å²) in [6.45, 7) is 4.48. The molecule has 1 saturated heterocycles. The second-order valence-corrected chi connectivity index (χ2v) is 5.75. The maximum absolute atomic E-state index is 13.7. The maximum Gasteiger partial charge on any atom is 0.303 e. The van der Waals surface area contributed by atoms with E-state index in [-0.39, 0.29) is 12.2 Å². The van der Waals surface area contributed by atoms with Crippen molar-refractivity contribution in [3.8, 4) is 0 Å². The smallest absolute Gasteiger partial charge is 0.303 e.